The van der Waals surface area contributed by atoms with Crippen LogP contribution < -0.4 is 16.0 Å². The highest BCUT2D eigenvalue weighted by molar-refractivity contribution is 6.06. The van der Waals surface area contributed by atoms with Crippen molar-refractivity contribution < 1.29 is 23.9 Å². The minimum atomic E-state index is -0.725. The van der Waals surface area contributed by atoms with Crippen LogP contribution in [0.3, 0.4) is 0 Å². The molecule has 0 aliphatic carbocycles. The highest BCUT2D eigenvalue weighted by Crippen LogP contribution is 2.34. The van der Waals surface area contributed by atoms with E-state index in [0.29, 0.717) is 5.56 Å². The Balaban J connectivity index is 1.92. The molecule has 1 atom stereocenters. The third-order valence-electron chi connectivity index (χ3n) is 3.75. The van der Waals surface area contributed by atoms with Crippen LogP contribution in [-0.2, 0) is 16.1 Å². The third kappa shape index (κ3) is 2.08. The molecule has 0 spiro atoms. The van der Waals surface area contributed by atoms with E-state index in [4.69, 9.17) is 5.73 Å². The second-order valence-corrected chi connectivity index (χ2v) is 5.02. The predicted octanol–water partition coefficient (Wildman–Crippen LogP) is 0.293. The Morgan fingerprint density at radius 2 is 2.10 bits per heavy atom. The molecule has 3 amide bonds. The summed E-state index contributed by atoms with van der Waals surface area (Å²) in [5.41, 5.74) is 6.75. The molecule has 110 valence electrons. The number of rotatable bonds is 2. The summed E-state index contributed by atoms with van der Waals surface area (Å²) in [5.74, 6) is -1.45. The number of halogens is 1. The van der Waals surface area contributed by atoms with E-state index in [1.165, 1.54) is 17.0 Å². The molecule has 2 aliphatic heterocycles. The maximum absolute atomic E-state index is 12.4. The van der Waals surface area contributed by atoms with Crippen molar-refractivity contribution in [1.82, 2.24) is 10.2 Å². The minimum Gasteiger partial charge on any atom is -0.398 e. The Hall–Kier alpha value is -2.64. The topological polar surface area (TPSA) is 102 Å². The van der Waals surface area contributed by atoms with Crippen LogP contribution in [0.15, 0.2) is 12.1 Å². The lowest BCUT2D eigenvalue weighted by Gasteiger charge is -2.29. The van der Waals surface area contributed by atoms with Gasteiger partial charge in [0.15, 0.2) is 5.75 Å². The minimum absolute atomic E-state index is 0.152. The van der Waals surface area contributed by atoms with E-state index in [0.717, 1.165) is 0 Å². The maximum atomic E-state index is 12.4. The van der Waals surface area contributed by atoms with Gasteiger partial charge < -0.3 is 10.6 Å². The van der Waals surface area contributed by atoms with Gasteiger partial charge in [0.2, 0.25) is 11.8 Å². The number of hydrogen-bond acceptors (Lipinski definition) is 5. The number of nitrogens with two attached hydrogens (primary N) is 1. The second-order valence-electron chi connectivity index (χ2n) is 5.02. The van der Waals surface area contributed by atoms with Crippen molar-refractivity contribution >= 4 is 23.4 Å². The maximum Gasteiger partial charge on any atom is 0.255 e. The lowest BCUT2D eigenvalue weighted by molar-refractivity contribution is -0.136. The standard InChI is InChI=1S/C13H12FN3O4/c14-21-6-3-7-8(9(15)4-6)5-17(13(7)20)10-1-2-11(18)16-12(10)19/h3-4,10H,1-2,5,15H2,(H,16,18,19). The third-order valence-corrected chi connectivity index (χ3v) is 3.75. The van der Waals surface area contributed by atoms with Crippen molar-refractivity contribution in [2.24, 2.45) is 0 Å². The summed E-state index contributed by atoms with van der Waals surface area (Å²) in [5, 5.41) is 2.20. The number of amides is 3. The molecule has 0 radical (unpaired) electrons. The normalized spacial score (nSPS) is 21.3. The zero-order chi connectivity index (χ0) is 15.1. The molecular weight excluding hydrogens is 281 g/mol. The lowest BCUT2D eigenvalue weighted by Crippen LogP contribution is -2.52. The van der Waals surface area contributed by atoms with Gasteiger partial charge in [0.1, 0.15) is 6.04 Å². The molecule has 1 unspecified atom stereocenters. The van der Waals surface area contributed by atoms with Crippen molar-refractivity contribution in [3.8, 4) is 5.75 Å². The first-order valence-corrected chi connectivity index (χ1v) is 6.37. The molecule has 7 nitrogen and oxygen atoms in total. The van der Waals surface area contributed by atoms with Gasteiger partial charge >= 0.3 is 0 Å². The molecule has 2 heterocycles. The molecule has 0 saturated carbocycles. The van der Waals surface area contributed by atoms with E-state index in [1.54, 1.807) is 0 Å². The number of nitrogens with zero attached hydrogens (tertiary/aromatic N) is 1. The van der Waals surface area contributed by atoms with Crippen molar-refractivity contribution in [2.75, 3.05) is 5.73 Å². The largest absolute Gasteiger partial charge is 0.398 e. The second kappa shape index (κ2) is 4.72. The first kappa shape index (κ1) is 13.3. The number of nitrogens with one attached hydrogen (secondary N) is 1. The number of carbonyl (C=O) groups excluding carboxylic acids is 3. The van der Waals surface area contributed by atoms with Crippen molar-refractivity contribution in [1.29, 1.82) is 0 Å². The molecule has 2 aliphatic rings. The molecule has 1 aromatic carbocycles. The van der Waals surface area contributed by atoms with E-state index < -0.39 is 17.9 Å². The summed E-state index contributed by atoms with van der Waals surface area (Å²) in [6.07, 6.45) is 0.432. The highest BCUT2D eigenvalue weighted by atomic mass is 19.3. The van der Waals surface area contributed by atoms with Crippen molar-refractivity contribution in [2.45, 2.75) is 25.4 Å². The van der Waals surface area contributed by atoms with Crippen LogP contribution in [0, 0.1) is 0 Å². The van der Waals surface area contributed by atoms with E-state index in [9.17, 15) is 18.9 Å². The van der Waals surface area contributed by atoms with E-state index >= 15 is 0 Å². The molecule has 3 N–H and O–H groups in total. The Bertz CT molecular complexity index is 661. The molecule has 0 bridgehead atoms. The number of nitrogen functional groups attached to an aromatic ring is 1. The fraction of sp³-hybridized carbons (Fsp3) is 0.308. The van der Waals surface area contributed by atoms with Crippen molar-refractivity contribution in [3.05, 3.63) is 23.3 Å². The predicted molar refractivity (Wildman–Crippen MR) is 68.6 cm³/mol. The van der Waals surface area contributed by atoms with E-state index in [-0.39, 0.29) is 42.3 Å². The number of imide groups is 1. The van der Waals surface area contributed by atoms with Crippen LogP contribution in [0.2, 0.25) is 0 Å². The van der Waals surface area contributed by atoms with Crippen LogP contribution in [0.4, 0.5) is 10.2 Å². The van der Waals surface area contributed by atoms with E-state index in [1.807, 2.05) is 0 Å². The summed E-state index contributed by atoms with van der Waals surface area (Å²) in [6, 6.07) is 1.80. The average Bonchev–Trinajstić information content (AvgIpc) is 2.77. The highest BCUT2D eigenvalue weighted by Gasteiger charge is 2.40. The Kier molecular flexibility index (Phi) is 3.00. The van der Waals surface area contributed by atoms with Crippen LogP contribution in [0.1, 0.15) is 28.8 Å². The zero-order valence-electron chi connectivity index (χ0n) is 10.9. The fourth-order valence-electron chi connectivity index (χ4n) is 2.71. The molecule has 0 aromatic heterocycles. The molecule has 21 heavy (non-hydrogen) atoms. The molecular formula is C13H12FN3O4. The number of piperidine rings is 1. The summed E-state index contributed by atoms with van der Waals surface area (Å²) >= 11 is 0. The Morgan fingerprint density at radius 1 is 1.33 bits per heavy atom. The van der Waals surface area contributed by atoms with Crippen LogP contribution in [-0.4, -0.2) is 28.7 Å². The lowest BCUT2D eigenvalue weighted by atomic mass is 10.0. The molecule has 1 aromatic rings. The van der Waals surface area contributed by atoms with Gasteiger partial charge in [0.05, 0.1) is 5.56 Å². The smallest absolute Gasteiger partial charge is 0.255 e. The van der Waals surface area contributed by atoms with Gasteiger partial charge in [-0.2, -0.15) is 0 Å². The number of anilines is 1. The summed E-state index contributed by atoms with van der Waals surface area (Å²) in [6.45, 7) is 0.152. The SMILES string of the molecule is Nc1cc(OF)cc2c1CN(C1CCC(=O)NC1=O)C2=O. The molecule has 1 fully saturated rings. The van der Waals surface area contributed by atoms with Gasteiger partial charge in [-0.15, -0.1) is 0 Å². The molecule has 1 saturated heterocycles. The monoisotopic (exact) mass is 293 g/mol. The molecule has 8 heteroatoms. The fourth-order valence-corrected chi connectivity index (χ4v) is 2.71. The van der Waals surface area contributed by atoms with Gasteiger partial charge in [-0.25, -0.2) is 0 Å². The van der Waals surface area contributed by atoms with Crippen molar-refractivity contribution in [3.63, 3.8) is 0 Å². The summed E-state index contributed by atoms with van der Waals surface area (Å²) < 4.78 is 12.3. The van der Waals surface area contributed by atoms with E-state index in [2.05, 4.69) is 10.3 Å². The number of fused-ring (bicyclic) bond motifs is 1. The average molecular weight is 293 g/mol. The van der Waals surface area contributed by atoms with Crippen LogP contribution in [0.25, 0.3) is 0 Å². The van der Waals surface area contributed by atoms with Gasteiger partial charge in [0.25, 0.3) is 5.91 Å². The van der Waals surface area contributed by atoms with Crippen LogP contribution in [0.5, 0.6) is 5.75 Å². The first-order chi connectivity index (χ1) is 10.0. The quantitative estimate of drug-likeness (QED) is 0.603. The first-order valence-electron chi connectivity index (χ1n) is 6.37. The number of hydrogen-bond donors (Lipinski definition) is 2. The summed E-state index contributed by atoms with van der Waals surface area (Å²) in [7, 11) is 0. The van der Waals surface area contributed by atoms with Gasteiger partial charge in [-0.1, -0.05) is 0 Å². The summed E-state index contributed by atoms with van der Waals surface area (Å²) in [4.78, 5) is 40.3. The van der Waals surface area contributed by atoms with Gasteiger partial charge in [0, 0.05) is 34.8 Å². The number of benzene rings is 1. The van der Waals surface area contributed by atoms with Crippen LogP contribution >= 0.6 is 0 Å². The van der Waals surface area contributed by atoms with Gasteiger partial charge in [-0.3, -0.25) is 24.6 Å². The van der Waals surface area contributed by atoms with Gasteiger partial charge in [-0.05, 0) is 12.5 Å². The zero-order valence-corrected chi connectivity index (χ0v) is 10.9. The Labute approximate surface area is 118 Å². The number of carbonyl (C=O) groups is 3. The Morgan fingerprint density at radius 3 is 2.76 bits per heavy atom. The molecule has 3 rings (SSSR count).